The molecule has 7 heteroatoms. The van der Waals surface area contributed by atoms with Crippen molar-refractivity contribution in [3.63, 3.8) is 0 Å². The molecule has 7 nitrogen and oxygen atoms in total. The number of benzene rings is 1. The fourth-order valence-corrected chi connectivity index (χ4v) is 3.31. The van der Waals surface area contributed by atoms with Crippen LogP contribution in [-0.4, -0.2) is 44.9 Å². The van der Waals surface area contributed by atoms with Gasteiger partial charge in [-0.15, -0.1) is 0 Å². The zero-order valence-electron chi connectivity index (χ0n) is 14.1. The van der Waals surface area contributed by atoms with Crippen molar-refractivity contribution in [1.29, 1.82) is 0 Å². The predicted molar refractivity (Wildman–Crippen MR) is 90.9 cm³/mol. The molecule has 2 amide bonds. The number of carbonyl (C=O) groups excluding carboxylic acids is 1. The van der Waals surface area contributed by atoms with Crippen molar-refractivity contribution in [1.82, 2.24) is 14.7 Å². The van der Waals surface area contributed by atoms with Crippen LogP contribution in [0.25, 0.3) is 10.9 Å². The third-order valence-corrected chi connectivity index (χ3v) is 4.68. The van der Waals surface area contributed by atoms with Crippen LogP contribution >= 0.6 is 0 Å². The van der Waals surface area contributed by atoms with Crippen LogP contribution in [0.3, 0.4) is 0 Å². The van der Waals surface area contributed by atoms with Crippen molar-refractivity contribution >= 4 is 28.6 Å². The summed E-state index contributed by atoms with van der Waals surface area (Å²) >= 11 is 0. The van der Waals surface area contributed by atoms with Gasteiger partial charge in [0, 0.05) is 36.9 Å². The highest BCUT2D eigenvalue weighted by molar-refractivity contribution is 5.93. The minimum atomic E-state index is -0.843. The van der Waals surface area contributed by atoms with Crippen LogP contribution in [0.4, 0.5) is 10.5 Å². The molecule has 2 N–H and O–H groups in total. The third-order valence-electron chi connectivity index (χ3n) is 4.68. The Bertz CT molecular complexity index is 798. The molecule has 128 valence electrons. The lowest BCUT2D eigenvalue weighted by Crippen LogP contribution is -2.47. The lowest BCUT2D eigenvalue weighted by molar-refractivity contribution is -0.143. The number of likely N-dealkylation sites (tertiary alicyclic amines) is 1. The van der Waals surface area contributed by atoms with E-state index in [1.807, 2.05) is 39.1 Å². The fourth-order valence-electron chi connectivity index (χ4n) is 3.31. The van der Waals surface area contributed by atoms with E-state index in [0.29, 0.717) is 18.7 Å². The number of fused-ring (bicyclic) bond motifs is 1. The number of rotatable bonds is 2. The van der Waals surface area contributed by atoms with Gasteiger partial charge in [-0.2, -0.15) is 5.10 Å². The zero-order valence-corrected chi connectivity index (χ0v) is 14.1. The first-order valence-electron chi connectivity index (χ1n) is 8.07. The van der Waals surface area contributed by atoms with E-state index in [4.69, 9.17) is 0 Å². The minimum absolute atomic E-state index is 0.173. The molecular formula is C17H22N4O3. The molecule has 0 aliphatic carbocycles. The number of urea groups is 1. The Balaban J connectivity index is 1.75. The molecule has 1 aliphatic rings. The quantitative estimate of drug-likeness (QED) is 0.885. The normalized spacial score (nSPS) is 21.0. The molecular weight excluding hydrogens is 308 g/mol. The van der Waals surface area contributed by atoms with E-state index in [2.05, 4.69) is 10.4 Å². The predicted octanol–water partition coefficient (Wildman–Crippen LogP) is 2.46. The molecule has 2 atom stereocenters. The maximum absolute atomic E-state index is 12.5. The lowest BCUT2D eigenvalue weighted by atomic mass is 9.91. The second kappa shape index (κ2) is 6.14. The van der Waals surface area contributed by atoms with E-state index in [9.17, 15) is 14.7 Å². The Morgan fingerprint density at radius 2 is 2.08 bits per heavy atom. The summed E-state index contributed by atoms with van der Waals surface area (Å²) in [5.74, 6) is -1.17. The maximum atomic E-state index is 12.5. The van der Waals surface area contributed by atoms with Gasteiger partial charge in [0.15, 0.2) is 0 Å². The van der Waals surface area contributed by atoms with Gasteiger partial charge in [0.05, 0.1) is 11.4 Å². The Kier molecular flexibility index (Phi) is 4.17. The van der Waals surface area contributed by atoms with Crippen LogP contribution in [0.2, 0.25) is 0 Å². The maximum Gasteiger partial charge on any atom is 0.321 e. The Hall–Kier alpha value is -2.57. The van der Waals surface area contributed by atoms with Crippen LogP contribution in [0.5, 0.6) is 0 Å². The summed E-state index contributed by atoms with van der Waals surface area (Å²) in [5.41, 5.74) is 2.55. The number of carboxylic acids is 1. The molecule has 2 heterocycles. The van der Waals surface area contributed by atoms with E-state index < -0.39 is 11.9 Å². The van der Waals surface area contributed by atoms with Gasteiger partial charge in [-0.1, -0.05) is 6.92 Å². The van der Waals surface area contributed by atoms with Crippen molar-refractivity contribution in [2.45, 2.75) is 20.3 Å². The van der Waals surface area contributed by atoms with Gasteiger partial charge in [0.25, 0.3) is 0 Å². The molecule has 0 radical (unpaired) electrons. The summed E-state index contributed by atoms with van der Waals surface area (Å²) in [6, 6.07) is 5.35. The largest absolute Gasteiger partial charge is 0.481 e. The number of amides is 2. The molecule has 0 bridgehead atoms. The van der Waals surface area contributed by atoms with E-state index >= 15 is 0 Å². The highest BCUT2D eigenvalue weighted by atomic mass is 16.4. The summed E-state index contributed by atoms with van der Waals surface area (Å²) in [6.07, 6.45) is 0.609. The van der Waals surface area contributed by atoms with Crippen molar-refractivity contribution in [3.05, 3.63) is 23.9 Å². The van der Waals surface area contributed by atoms with Gasteiger partial charge < -0.3 is 15.3 Å². The SMILES string of the molecule is Cc1c2ccc(NC(=O)N3CC(C)CC(C(=O)O)C3)cc2nn1C. The Labute approximate surface area is 140 Å². The molecule has 0 spiro atoms. The van der Waals surface area contributed by atoms with Crippen molar-refractivity contribution in [2.24, 2.45) is 18.9 Å². The number of aliphatic carboxylic acids is 1. The van der Waals surface area contributed by atoms with Crippen LogP contribution in [0, 0.1) is 18.8 Å². The van der Waals surface area contributed by atoms with Crippen LogP contribution < -0.4 is 5.32 Å². The average Bonchev–Trinajstić information content (AvgIpc) is 2.81. The van der Waals surface area contributed by atoms with Crippen molar-refractivity contribution in [3.8, 4) is 0 Å². The number of hydrogen-bond donors (Lipinski definition) is 2. The Morgan fingerprint density at radius 3 is 2.79 bits per heavy atom. The van der Waals surface area contributed by atoms with Gasteiger partial charge in [0.1, 0.15) is 0 Å². The molecule has 2 aromatic rings. The number of aryl methyl sites for hydroxylation is 2. The molecule has 2 unspecified atom stereocenters. The van der Waals surface area contributed by atoms with E-state index in [1.54, 1.807) is 9.58 Å². The highest BCUT2D eigenvalue weighted by Gasteiger charge is 2.31. The van der Waals surface area contributed by atoms with Crippen molar-refractivity contribution in [2.75, 3.05) is 18.4 Å². The summed E-state index contributed by atoms with van der Waals surface area (Å²) in [7, 11) is 1.88. The number of hydrogen-bond acceptors (Lipinski definition) is 3. The molecule has 1 saturated heterocycles. The topological polar surface area (TPSA) is 87.5 Å². The lowest BCUT2D eigenvalue weighted by Gasteiger charge is -2.34. The number of aromatic nitrogens is 2. The zero-order chi connectivity index (χ0) is 17.4. The van der Waals surface area contributed by atoms with Gasteiger partial charge in [-0.3, -0.25) is 9.48 Å². The third kappa shape index (κ3) is 3.06. The van der Waals surface area contributed by atoms with E-state index in [0.717, 1.165) is 16.6 Å². The molecule has 1 aliphatic heterocycles. The summed E-state index contributed by atoms with van der Waals surface area (Å²) in [6.45, 7) is 4.78. The molecule has 1 fully saturated rings. The molecule has 0 saturated carbocycles. The number of nitrogens with zero attached hydrogens (tertiary/aromatic N) is 3. The second-order valence-corrected chi connectivity index (χ2v) is 6.65. The van der Waals surface area contributed by atoms with Crippen LogP contribution in [-0.2, 0) is 11.8 Å². The summed E-state index contributed by atoms with van der Waals surface area (Å²) in [5, 5.41) is 17.5. The number of carbonyl (C=O) groups is 2. The van der Waals surface area contributed by atoms with Gasteiger partial charge in [0.2, 0.25) is 0 Å². The average molecular weight is 330 g/mol. The van der Waals surface area contributed by atoms with Gasteiger partial charge in [-0.25, -0.2) is 4.79 Å². The molecule has 1 aromatic heterocycles. The number of piperidine rings is 1. The highest BCUT2D eigenvalue weighted by Crippen LogP contribution is 2.24. The first kappa shape index (κ1) is 16.3. The summed E-state index contributed by atoms with van der Waals surface area (Å²) < 4.78 is 1.81. The van der Waals surface area contributed by atoms with E-state index in [-0.39, 0.29) is 18.5 Å². The van der Waals surface area contributed by atoms with E-state index in [1.165, 1.54) is 0 Å². The molecule has 24 heavy (non-hydrogen) atoms. The number of carboxylic acid groups (broad SMARTS) is 1. The monoisotopic (exact) mass is 330 g/mol. The minimum Gasteiger partial charge on any atom is -0.481 e. The second-order valence-electron chi connectivity index (χ2n) is 6.65. The first-order chi connectivity index (χ1) is 11.3. The van der Waals surface area contributed by atoms with Crippen molar-refractivity contribution < 1.29 is 14.7 Å². The van der Waals surface area contributed by atoms with Gasteiger partial charge in [-0.05, 0) is 37.5 Å². The van der Waals surface area contributed by atoms with Crippen LogP contribution in [0.1, 0.15) is 19.0 Å². The molecule has 3 rings (SSSR count). The first-order valence-corrected chi connectivity index (χ1v) is 8.07. The summed E-state index contributed by atoms with van der Waals surface area (Å²) in [4.78, 5) is 25.3. The fraction of sp³-hybridized carbons (Fsp3) is 0.471. The Morgan fingerprint density at radius 1 is 1.33 bits per heavy atom. The van der Waals surface area contributed by atoms with Gasteiger partial charge >= 0.3 is 12.0 Å². The smallest absolute Gasteiger partial charge is 0.321 e. The standard InChI is InChI=1S/C17H22N4O3/c1-10-6-12(16(22)23)9-21(8-10)17(24)18-13-4-5-14-11(2)20(3)19-15(14)7-13/h4-5,7,10,12H,6,8-9H2,1-3H3,(H,18,24)(H,22,23). The number of anilines is 1. The number of nitrogens with one attached hydrogen (secondary N) is 1. The van der Waals surface area contributed by atoms with Crippen LogP contribution in [0.15, 0.2) is 18.2 Å². The molecule has 1 aromatic carbocycles.